The molecule has 0 amide bonds. The van der Waals surface area contributed by atoms with Gasteiger partial charge in [0, 0.05) is 12.6 Å². The number of imidazole rings is 1. The first-order chi connectivity index (χ1) is 7.16. The number of aryl methyl sites for hydroxylation is 1. The van der Waals surface area contributed by atoms with Crippen LogP contribution in [0.25, 0.3) is 11.0 Å². The van der Waals surface area contributed by atoms with E-state index in [0.29, 0.717) is 0 Å². The van der Waals surface area contributed by atoms with E-state index in [1.807, 2.05) is 54.2 Å². The summed E-state index contributed by atoms with van der Waals surface area (Å²) in [6.07, 6.45) is 0. The summed E-state index contributed by atoms with van der Waals surface area (Å²) in [5.41, 5.74) is 2.15. The molecule has 0 fully saturated rings. The number of hydrogen-bond donors (Lipinski definition) is 0. The van der Waals surface area contributed by atoms with Gasteiger partial charge in [0.2, 0.25) is 0 Å². The summed E-state index contributed by atoms with van der Waals surface area (Å²) in [5.74, 6) is 0. The van der Waals surface area contributed by atoms with Crippen LogP contribution in [-0.2, 0) is 6.54 Å². The minimum atomic E-state index is 0.0914. The third-order valence-electron chi connectivity index (χ3n) is 2.70. The summed E-state index contributed by atoms with van der Waals surface area (Å²) >= 11 is 0. The number of benzene rings is 1. The SMILES string of the molecule is CCn1c(=O)n(C(C)C)c2ccccc21. The molecule has 0 saturated heterocycles. The molecular weight excluding hydrogens is 188 g/mol. The van der Waals surface area contributed by atoms with Gasteiger partial charge in [-0.05, 0) is 32.9 Å². The van der Waals surface area contributed by atoms with Crippen molar-refractivity contribution in [1.82, 2.24) is 9.13 Å². The Labute approximate surface area is 88.9 Å². The van der Waals surface area contributed by atoms with Crippen molar-refractivity contribution in [3.8, 4) is 0 Å². The Balaban J connectivity index is 2.91. The number of nitrogens with zero attached hydrogens (tertiary/aromatic N) is 2. The van der Waals surface area contributed by atoms with Crippen molar-refractivity contribution < 1.29 is 0 Å². The average molecular weight is 204 g/mol. The van der Waals surface area contributed by atoms with Crippen molar-refractivity contribution >= 4 is 11.0 Å². The van der Waals surface area contributed by atoms with Gasteiger partial charge >= 0.3 is 5.69 Å². The normalized spacial score (nSPS) is 11.5. The first-order valence-corrected chi connectivity index (χ1v) is 5.36. The van der Waals surface area contributed by atoms with E-state index in [9.17, 15) is 4.79 Å². The molecule has 1 aromatic carbocycles. The van der Waals surface area contributed by atoms with E-state index in [1.54, 1.807) is 0 Å². The molecule has 3 heteroatoms. The van der Waals surface area contributed by atoms with Gasteiger partial charge in [0.05, 0.1) is 11.0 Å². The average Bonchev–Trinajstić information content (AvgIpc) is 2.49. The molecule has 0 aliphatic heterocycles. The maximum atomic E-state index is 12.1. The van der Waals surface area contributed by atoms with E-state index >= 15 is 0 Å². The predicted octanol–water partition coefficient (Wildman–Crippen LogP) is 2.40. The molecule has 2 rings (SSSR count). The molecule has 0 saturated carbocycles. The fourth-order valence-electron chi connectivity index (χ4n) is 2.04. The van der Waals surface area contributed by atoms with Crippen LogP contribution in [0.1, 0.15) is 26.8 Å². The van der Waals surface area contributed by atoms with Crippen LogP contribution in [-0.4, -0.2) is 9.13 Å². The molecule has 0 spiro atoms. The van der Waals surface area contributed by atoms with Gasteiger partial charge in [0.15, 0.2) is 0 Å². The largest absolute Gasteiger partial charge is 0.329 e. The van der Waals surface area contributed by atoms with Crippen LogP contribution in [0, 0.1) is 0 Å². The van der Waals surface area contributed by atoms with Crippen LogP contribution in [0.2, 0.25) is 0 Å². The molecule has 0 N–H and O–H groups in total. The topological polar surface area (TPSA) is 26.9 Å². The maximum Gasteiger partial charge on any atom is 0.329 e. The Morgan fingerprint density at radius 3 is 2.33 bits per heavy atom. The van der Waals surface area contributed by atoms with Crippen molar-refractivity contribution in [1.29, 1.82) is 0 Å². The summed E-state index contributed by atoms with van der Waals surface area (Å²) in [4.78, 5) is 12.1. The van der Waals surface area contributed by atoms with Crippen LogP contribution >= 0.6 is 0 Å². The lowest BCUT2D eigenvalue weighted by atomic mass is 10.3. The summed E-state index contributed by atoms with van der Waals surface area (Å²) in [7, 11) is 0. The summed E-state index contributed by atoms with van der Waals surface area (Å²) in [6.45, 7) is 6.79. The number of hydrogen-bond acceptors (Lipinski definition) is 1. The Morgan fingerprint density at radius 1 is 1.20 bits per heavy atom. The van der Waals surface area contributed by atoms with Crippen molar-refractivity contribution in [3.63, 3.8) is 0 Å². The van der Waals surface area contributed by atoms with Crippen LogP contribution in [0.3, 0.4) is 0 Å². The third kappa shape index (κ3) is 1.39. The zero-order valence-electron chi connectivity index (χ0n) is 9.40. The highest BCUT2D eigenvalue weighted by molar-refractivity contribution is 5.76. The fourth-order valence-corrected chi connectivity index (χ4v) is 2.04. The molecule has 2 aromatic rings. The lowest BCUT2D eigenvalue weighted by Gasteiger charge is -2.05. The van der Waals surface area contributed by atoms with Gasteiger partial charge in [-0.3, -0.25) is 9.13 Å². The quantitative estimate of drug-likeness (QED) is 0.738. The molecule has 0 aliphatic carbocycles. The minimum Gasteiger partial charge on any atom is -0.292 e. The number of rotatable bonds is 2. The molecule has 0 unspecified atom stereocenters. The van der Waals surface area contributed by atoms with E-state index in [2.05, 4.69) is 0 Å². The third-order valence-corrected chi connectivity index (χ3v) is 2.70. The highest BCUT2D eigenvalue weighted by atomic mass is 16.1. The van der Waals surface area contributed by atoms with Crippen molar-refractivity contribution in [2.75, 3.05) is 0 Å². The van der Waals surface area contributed by atoms with Gasteiger partial charge < -0.3 is 0 Å². The molecule has 1 aromatic heterocycles. The molecule has 3 nitrogen and oxygen atoms in total. The zero-order chi connectivity index (χ0) is 11.0. The van der Waals surface area contributed by atoms with Crippen molar-refractivity contribution in [3.05, 3.63) is 34.7 Å². The second kappa shape index (κ2) is 3.57. The van der Waals surface area contributed by atoms with Crippen LogP contribution < -0.4 is 5.69 Å². The van der Waals surface area contributed by atoms with Gasteiger partial charge in [0.25, 0.3) is 0 Å². The molecule has 0 aliphatic rings. The molecule has 80 valence electrons. The molecule has 0 bridgehead atoms. The van der Waals surface area contributed by atoms with Crippen LogP contribution in [0.15, 0.2) is 29.1 Å². The first kappa shape index (κ1) is 10.0. The first-order valence-electron chi connectivity index (χ1n) is 5.36. The smallest absolute Gasteiger partial charge is 0.292 e. The highest BCUT2D eigenvalue weighted by Crippen LogP contribution is 2.16. The van der Waals surface area contributed by atoms with Crippen LogP contribution in [0.5, 0.6) is 0 Å². The Morgan fingerprint density at radius 2 is 1.80 bits per heavy atom. The van der Waals surface area contributed by atoms with Crippen molar-refractivity contribution in [2.45, 2.75) is 33.4 Å². The number of fused-ring (bicyclic) bond motifs is 1. The molecule has 1 heterocycles. The molecule has 0 radical (unpaired) electrons. The Bertz CT molecular complexity index is 534. The van der Waals surface area contributed by atoms with Gasteiger partial charge in [-0.1, -0.05) is 12.1 Å². The van der Waals surface area contributed by atoms with Gasteiger partial charge in [-0.25, -0.2) is 4.79 Å². The van der Waals surface area contributed by atoms with E-state index in [4.69, 9.17) is 0 Å². The Kier molecular flexibility index (Phi) is 2.39. The number of para-hydroxylation sites is 2. The summed E-state index contributed by atoms with van der Waals surface area (Å²) in [6, 6.07) is 8.15. The van der Waals surface area contributed by atoms with Gasteiger partial charge in [-0.15, -0.1) is 0 Å². The second-order valence-corrected chi connectivity index (χ2v) is 3.98. The maximum absolute atomic E-state index is 12.1. The Hall–Kier alpha value is -1.51. The molecular formula is C12H16N2O. The van der Waals surface area contributed by atoms with Crippen molar-refractivity contribution in [2.24, 2.45) is 0 Å². The minimum absolute atomic E-state index is 0.0914. The van der Waals surface area contributed by atoms with E-state index in [0.717, 1.165) is 17.6 Å². The lowest BCUT2D eigenvalue weighted by Crippen LogP contribution is -2.24. The molecule has 15 heavy (non-hydrogen) atoms. The summed E-state index contributed by atoms with van der Waals surface area (Å²) < 4.78 is 3.66. The monoisotopic (exact) mass is 204 g/mol. The summed E-state index contributed by atoms with van der Waals surface area (Å²) in [5, 5.41) is 0. The van der Waals surface area contributed by atoms with Crippen LogP contribution in [0.4, 0.5) is 0 Å². The highest BCUT2D eigenvalue weighted by Gasteiger charge is 2.12. The zero-order valence-corrected chi connectivity index (χ0v) is 9.40. The van der Waals surface area contributed by atoms with E-state index in [1.165, 1.54) is 0 Å². The van der Waals surface area contributed by atoms with Gasteiger partial charge in [0.1, 0.15) is 0 Å². The predicted molar refractivity (Wildman–Crippen MR) is 62.3 cm³/mol. The second-order valence-electron chi connectivity index (χ2n) is 3.98. The van der Waals surface area contributed by atoms with E-state index in [-0.39, 0.29) is 11.7 Å². The molecule has 0 atom stereocenters. The van der Waals surface area contributed by atoms with Gasteiger partial charge in [-0.2, -0.15) is 0 Å². The standard InChI is InChI=1S/C12H16N2O/c1-4-13-10-7-5-6-8-11(10)14(9(2)3)12(13)15/h5-9H,4H2,1-3H3. The lowest BCUT2D eigenvalue weighted by molar-refractivity contribution is 0.571. The fraction of sp³-hybridized carbons (Fsp3) is 0.417. The number of aromatic nitrogens is 2. The van der Waals surface area contributed by atoms with E-state index < -0.39 is 0 Å².